The Bertz CT molecular complexity index is 678. The smallest absolute Gasteiger partial charge is 0.225 e. The Morgan fingerprint density at radius 2 is 2.00 bits per heavy atom. The van der Waals surface area contributed by atoms with E-state index in [1.54, 1.807) is 30.6 Å². The molecule has 2 aromatic heterocycles. The molecule has 0 unspecified atom stereocenters. The van der Waals surface area contributed by atoms with E-state index in [1.165, 1.54) is 17.4 Å². The van der Waals surface area contributed by atoms with E-state index in [0.29, 0.717) is 28.4 Å². The molecule has 3 heterocycles. The van der Waals surface area contributed by atoms with Crippen LogP contribution in [0, 0.1) is 0 Å². The first-order chi connectivity index (χ1) is 10.7. The summed E-state index contributed by atoms with van der Waals surface area (Å²) in [4.78, 5) is 23.3. The molecule has 0 amide bonds. The van der Waals surface area contributed by atoms with Crippen molar-refractivity contribution in [3.05, 3.63) is 45.4 Å². The standard InChI is InChI=1S/C15H14ClN3O2S/c16-14-4-3-13(22-14)12(20)2-1-11-9-17-15(18-10-11)19-5-7-21-8-6-19/h1-4,9-10H,5-8H2/b2-1-. The van der Waals surface area contributed by atoms with E-state index in [1.807, 2.05) is 0 Å². The molecule has 1 fully saturated rings. The van der Waals surface area contributed by atoms with Gasteiger partial charge in [0.25, 0.3) is 0 Å². The fourth-order valence-corrected chi connectivity index (χ4v) is 3.01. The molecule has 0 aliphatic carbocycles. The molecule has 0 N–H and O–H groups in total. The molecule has 1 aliphatic heterocycles. The topological polar surface area (TPSA) is 55.3 Å². The zero-order valence-corrected chi connectivity index (χ0v) is 13.3. The molecular formula is C15H14ClN3O2S. The highest BCUT2D eigenvalue weighted by atomic mass is 35.5. The molecule has 7 heteroatoms. The lowest BCUT2D eigenvalue weighted by atomic mass is 10.2. The van der Waals surface area contributed by atoms with Gasteiger partial charge < -0.3 is 9.64 Å². The minimum Gasteiger partial charge on any atom is -0.378 e. The maximum Gasteiger partial charge on any atom is 0.225 e. The van der Waals surface area contributed by atoms with E-state index in [-0.39, 0.29) is 5.78 Å². The van der Waals surface area contributed by atoms with Crippen molar-refractivity contribution in [1.29, 1.82) is 0 Å². The highest BCUT2D eigenvalue weighted by molar-refractivity contribution is 7.18. The molecule has 1 aliphatic rings. The summed E-state index contributed by atoms with van der Waals surface area (Å²) in [5.41, 5.74) is 0.785. The van der Waals surface area contributed by atoms with E-state index in [9.17, 15) is 4.79 Å². The van der Waals surface area contributed by atoms with Gasteiger partial charge in [0.05, 0.1) is 22.4 Å². The lowest BCUT2D eigenvalue weighted by molar-refractivity contribution is 0.105. The number of carbonyl (C=O) groups excluding carboxylic acids is 1. The fourth-order valence-electron chi connectivity index (χ4n) is 2.04. The van der Waals surface area contributed by atoms with Crippen LogP contribution in [0.2, 0.25) is 4.34 Å². The number of morpholine rings is 1. The van der Waals surface area contributed by atoms with Gasteiger partial charge in [-0.15, -0.1) is 11.3 Å². The van der Waals surface area contributed by atoms with Gasteiger partial charge in [0.15, 0.2) is 5.78 Å². The fraction of sp³-hybridized carbons (Fsp3) is 0.267. The van der Waals surface area contributed by atoms with E-state index < -0.39 is 0 Å². The van der Waals surface area contributed by atoms with Crippen molar-refractivity contribution in [2.24, 2.45) is 0 Å². The summed E-state index contributed by atoms with van der Waals surface area (Å²) in [6.07, 6.45) is 6.64. The third kappa shape index (κ3) is 3.71. The second-order valence-electron chi connectivity index (χ2n) is 4.72. The largest absolute Gasteiger partial charge is 0.378 e. The molecular weight excluding hydrogens is 322 g/mol. The normalized spacial score (nSPS) is 15.4. The van der Waals surface area contributed by atoms with Crippen molar-refractivity contribution in [1.82, 2.24) is 9.97 Å². The molecule has 2 aromatic rings. The number of ether oxygens (including phenoxy) is 1. The van der Waals surface area contributed by atoms with Gasteiger partial charge >= 0.3 is 0 Å². The number of thiophene rings is 1. The first-order valence-corrected chi connectivity index (χ1v) is 8.04. The van der Waals surface area contributed by atoms with Gasteiger partial charge in [0, 0.05) is 31.0 Å². The van der Waals surface area contributed by atoms with Gasteiger partial charge in [-0.3, -0.25) is 4.79 Å². The van der Waals surface area contributed by atoms with E-state index in [4.69, 9.17) is 16.3 Å². The molecule has 5 nitrogen and oxygen atoms in total. The van der Waals surface area contributed by atoms with Crippen LogP contribution in [0.15, 0.2) is 30.6 Å². The first-order valence-electron chi connectivity index (χ1n) is 6.85. The summed E-state index contributed by atoms with van der Waals surface area (Å²) in [7, 11) is 0. The van der Waals surface area contributed by atoms with Gasteiger partial charge in [0.1, 0.15) is 0 Å². The minimum absolute atomic E-state index is 0.0749. The number of rotatable bonds is 4. The maximum absolute atomic E-state index is 11.9. The maximum atomic E-state index is 11.9. The summed E-state index contributed by atoms with van der Waals surface area (Å²) < 4.78 is 5.91. The van der Waals surface area contributed by atoms with Crippen LogP contribution in [0.3, 0.4) is 0 Å². The highest BCUT2D eigenvalue weighted by Crippen LogP contribution is 2.22. The van der Waals surface area contributed by atoms with Crippen LogP contribution < -0.4 is 4.90 Å². The van der Waals surface area contributed by atoms with Gasteiger partial charge in [-0.05, 0) is 24.3 Å². The third-order valence-electron chi connectivity index (χ3n) is 3.20. The predicted octanol–water partition coefficient (Wildman–Crippen LogP) is 2.92. The van der Waals surface area contributed by atoms with E-state index in [0.717, 1.165) is 18.7 Å². The number of aromatic nitrogens is 2. The van der Waals surface area contributed by atoms with E-state index >= 15 is 0 Å². The molecule has 0 aromatic carbocycles. The van der Waals surface area contributed by atoms with Gasteiger partial charge in [-0.25, -0.2) is 9.97 Å². The number of hydrogen-bond acceptors (Lipinski definition) is 6. The van der Waals surface area contributed by atoms with Crippen LogP contribution in [0.4, 0.5) is 5.95 Å². The van der Waals surface area contributed by atoms with Crippen molar-refractivity contribution in [3.63, 3.8) is 0 Å². The Morgan fingerprint density at radius 1 is 1.27 bits per heavy atom. The number of ketones is 1. The van der Waals surface area contributed by atoms with Gasteiger partial charge in [-0.2, -0.15) is 0 Å². The third-order valence-corrected chi connectivity index (χ3v) is 4.44. The van der Waals surface area contributed by atoms with Crippen LogP contribution in [0.1, 0.15) is 15.2 Å². The van der Waals surface area contributed by atoms with Crippen LogP contribution in [0.5, 0.6) is 0 Å². The Hall–Kier alpha value is -1.76. The van der Waals surface area contributed by atoms with Gasteiger partial charge in [0.2, 0.25) is 5.95 Å². The molecule has 0 spiro atoms. The number of allylic oxidation sites excluding steroid dienone is 1. The van der Waals surface area contributed by atoms with Crippen LogP contribution in [0.25, 0.3) is 6.08 Å². The first kappa shape index (κ1) is 15.1. The lowest BCUT2D eigenvalue weighted by Gasteiger charge is -2.26. The average molecular weight is 336 g/mol. The molecule has 3 rings (SSSR count). The Morgan fingerprint density at radius 3 is 2.64 bits per heavy atom. The van der Waals surface area contributed by atoms with Crippen molar-refractivity contribution < 1.29 is 9.53 Å². The van der Waals surface area contributed by atoms with Crippen molar-refractivity contribution in [3.8, 4) is 0 Å². The molecule has 0 saturated carbocycles. The number of anilines is 1. The second kappa shape index (κ2) is 7.00. The molecule has 0 atom stereocenters. The Kier molecular flexibility index (Phi) is 4.82. The highest BCUT2D eigenvalue weighted by Gasteiger charge is 2.13. The summed E-state index contributed by atoms with van der Waals surface area (Å²) in [6.45, 7) is 2.99. The zero-order chi connectivity index (χ0) is 15.4. The number of hydrogen-bond donors (Lipinski definition) is 0. The molecule has 0 bridgehead atoms. The van der Waals surface area contributed by atoms with Crippen LogP contribution in [-0.2, 0) is 4.74 Å². The molecule has 22 heavy (non-hydrogen) atoms. The number of nitrogens with zero attached hydrogens (tertiary/aromatic N) is 3. The number of halogens is 1. The quantitative estimate of drug-likeness (QED) is 0.635. The second-order valence-corrected chi connectivity index (χ2v) is 6.43. The monoisotopic (exact) mass is 335 g/mol. The summed E-state index contributed by atoms with van der Waals surface area (Å²) >= 11 is 7.09. The van der Waals surface area contributed by atoms with E-state index in [2.05, 4.69) is 14.9 Å². The summed E-state index contributed by atoms with van der Waals surface area (Å²) in [5, 5.41) is 0. The summed E-state index contributed by atoms with van der Waals surface area (Å²) in [5.74, 6) is 0.617. The molecule has 0 radical (unpaired) electrons. The van der Waals surface area contributed by atoms with Crippen LogP contribution >= 0.6 is 22.9 Å². The Labute approximate surface area is 137 Å². The zero-order valence-electron chi connectivity index (χ0n) is 11.7. The number of carbonyl (C=O) groups is 1. The lowest BCUT2D eigenvalue weighted by Crippen LogP contribution is -2.37. The van der Waals surface area contributed by atoms with Crippen molar-refractivity contribution >= 4 is 40.7 Å². The predicted molar refractivity (Wildman–Crippen MR) is 87.8 cm³/mol. The Balaban J connectivity index is 1.65. The molecule has 1 saturated heterocycles. The SMILES string of the molecule is O=C(/C=C\c1cnc(N2CCOCC2)nc1)c1ccc(Cl)s1. The molecule has 114 valence electrons. The minimum atomic E-state index is -0.0749. The van der Waals surface area contributed by atoms with Crippen molar-refractivity contribution in [2.75, 3.05) is 31.2 Å². The van der Waals surface area contributed by atoms with Gasteiger partial charge in [-0.1, -0.05) is 11.6 Å². The van der Waals surface area contributed by atoms with Crippen LogP contribution in [-0.4, -0.2) is 42.1 Å². The average Bonchev–Trinajstić information content (AvgIpc) is 3.00. The van der Waals surface area contributed by atoms with Crippen molar-refractivity contribution in [2.45, 2.75) is 0 Å². The summed E-state index contributed by atoms with van der Waals surface area (Å²) in [6, 6.07) is 3.44.